The van der Waals surface area contributed by atoms with Gasteiger partial charge in [-0.15, -0.1) is 35.7 Å². The molecule has 1 amide bonds. The van der Waals surface area contributed by atoms with Crippen LogP contribution in [0, 0.1) is 0 Å². The van der Waals surface area contributed by atoms with Crippen molar-refractivity contribution in [1.29, 1.82) is 0 Å². The Morgan fingerprint density at radius 3 is 2.59 bits per heavy atom. The van der Waals surface area contributed by atoms with Crippen molar-refractivity contribution >= 4 is 53.3 Å². The normalized spacial score (nSPS) is 14.0. The molecule has 0 unspecified atom stereocenters. The number of nitrogens with zero attached hydrogens (tertiary/aromatic N) is 2. The molecule has 1 saturated heterocycles. The van der Waals surface area contributed by atoms with Gasteiger partial charge in [0.15, 0.2) is 5.96 Å². The van der Waals surface area contributed by atoms with E-state index in [-0.39, 0.29) is 29.9 Å². The second-order valence-corrected chi connectivity index (χ2v) is 7.62. The quantitative estimate of drug-likeness (QED) is 0.171. The zero-order valence-electron chi connectivity index (χ0n) is 16.6. The molecular weight excluding hydrogens is 497 g/mol. The van der Waals surface area contributed by atoms with Crippen molar-refractivity contribution in [3.63, 3.8) is 0 Å². The summed E-state index contributed by atoms with van der Waals surface area (Å²) in [4.78, 5) is 19.2. The van der Waals surface area contributed by atoms with Gasteiger partial charge in [0, 0.05) is 49.6 Å². The minimum absolute atomic E-state index is 0. The van der Waals surface area contributed by atoms with Crippen molar-refractivity contribution in [1.82, 2.24) is 16.0 Å². The van der Waals surface area contributed by atoms with E-state index in [2.05, 4.69) is 74.4 Å². The van der Waals surface area contributed by atoms with E-state index in [1.54, 1.807) is 7.05 Å². The molecule has 156 valence electrons. The predicted octanol–water partition coefficient (Wildman–Crippen LogP) is 2.70. The fourth-order valence-electron chi connectivity index (χ4n) is 2.95. The van der Waals surface area contributed by atoms with E-state index < -0.39 is 0 Å². The van der Waals surface area contributed by atoms with Gasteiger partial charge in [-0.3, -0.25) is 9.79 Å². The van der Waals surface area contributed by atoms with Crippen LogP contribution >= 0.6 is 35.7 Å². The van der Waals surface area contributed by atoms with E-state index in [4.69, 9.17) is 0 Å². The molecule has 3 N–H and O–H groups in total. The molecule has 2 aromatic rings. The molecule has 2 aromatic carbocycles. The lowest BCUT2D eigenvalue weighted by Gasteiger charge is -2.28. The van der Waals surface area contributed by atoms with E-state index in [0.29, 0.717) is 19.6 Å². The Hall–Kier alpha value is -1.94. The highest BCUT2D eigenvalue weighted by molar-refractivity contribution is 14.0. The number of hydrogen-bond acceptors (Lipinski definition) is 4. The average molecular weight is 525 g/mol. The van der Waals surface area contributed by atoms with Gasteiger partial charge in [0.05, 0.1) is 6.54 Å². The van der Waals surface area contributed by atoms with Gasteiger partial charge in [-0.1, -0.05) is 30.3 Å². The summed E-state index contributed by atoms with van der Waals surface area (Å²) in [5.41, 5.74) is 2.26. The van der Waals surface area contributed by atoms with Gasteiger partial charge in [-0.2, -0.15) is 0 Å². The number of thioether (sulfide) groups is 1. The molecule has 0 saturated carbocycles. The molecule has 1 aliphatic heterocycles. The highest BCUT2D eigenvalue weighted by atomic mass is 127. The first kappa shape index (κ1) is 23.3. The molecule has 3 rings (SSSR count). The summed E-state index contributed by atoms with van der Waals surface area (Å²) in [6.45, 7) is 3.52. The SMILES string of the molecule is CN=C(NCCSc1ccccc1)NCc1ccc(N2CCNC(=O)C2)cc1.I. The van der Waals surface area contributed by atoms with Crippen molar-refractivity contribution in [3.05, 3.63) is 60.2 Å². The van der Waals surface area contributed by atoms with Crippen LogP contribution in [0.4, 0.5) is 5.69 Å². The Bertz CT molecular complexity index is 785. The third kappa shape index (κ3) is 7.77. The molecule has 6 nitrogen and oxygen atoms in total. The van der Waals surface area contributed by atoms with Gasteiger partial charge in [0.25, 0.3) is 0 Å². The Kier molecular flexibility index (Phi) is 10.1. The van der Waals surface area contributed by atoms with E-state index in [1.165, 1.54) is 10.5 Å². The highest BCUT2D eigenvalue weighted by Gasteiger charge is 2.16. The third-order valence-corrected chi connectivity index (χ3v) is 5.44. The van der Waals surface area contributed by atoms with Gasteiger partial charge < -0.3 is 20.9 Å². The fourth-order valence-corrected chi connectivity index (χ4v) is 3.73. The monoisotopic (exact) mass is 525 g/mol. The van der Waals surface area contributed by atoms with Crippen LogP contribution in [0.3, 0.4) is 0 Å². The molecule has 0 aliphatic carbocycles. The largest absolute Gasteiger partial charge is 0.360 e. The number of guanidine groups is 1. The number of amides is 1. The smallest absolute Gasteiger partial charge is 0.239 e. The van der Waals surface area contributed by atoms with E-state index in [9.17, 15) is 4.79 Å². The van der Waals surface area contributed by atoms with Gasteiger partial charge in [-0.25, -0.2) is 0 Å². The number of carbonyl (C=O) groups excluding carboxylic acids is 1. The summed E-state index contributed by atoms with van der Waals surface area (Å²) >= 11 is 1.82. The molecule has 1 heterocycles. The summed E-state index contributed by atoms with van der Waals surface area (Å²) in [5.74, 6) is 1.85. The second-order valence-electron chi connectivity index (χ2n) is 6.45. The molecule has 1 aliphatic rings. The molecule has 8 heteroatoms. The number of carbonyl (C=O) groups is 1. The van der Waals surface area contributed by atoms with Gasteiger partial charge in [-0.05, 0) is 29.8 Å². The van der Waals surface area contributed by atoms with Crippen molar-refractivity contribution in [2.75, 3.05) is 43.9 Å². The summed E-state index contributed by atoms with van der Waals surface area (Å²) in [7, 11) is 1.78. The number of anilines is 1. The molecule has 29 heavy (non-hydrogen) atoms. The first-order valence-electron chi connectivity index (χ1n) is 9.47. The third-order valence-electron chi connectivity index (χ3n) is 4.43. The van der Waals surface area contributed by atoms with Crippen LogP contribution in [-0.2, 0) is 11.3 Å². The lowest BCUT2D eigenvalue weighted by atomic mass is 10.2. The Morgan fingerprint density at radius 2 is 1.90 bits per heavy atom. The molecule has 0 spiro atoms. The van der Waals surface area contributed by atoms with Crippen molar-refractivity contribution < 1.29 is 4.79 Å². The Morgan fingerprint density at radius 1 is 1.14 bits per heavy atom. The maximum absolute atomic E-state index is 11.5. The number of halogens is 1. The number of piperazine rings is 1. The van der Waals surface area contributed by atoms with Crippen LogP contribution in [0.1, 0.15) is 5.56 Å². The molecule has 0 radical (unpaired) electrons. The number of rotatable bonds is 7. The standard InChI is InChI=1S/C21H27N5OS.HI/c1-22-21(24-12-14-28-19-5-3-2-4-6-19)25-15-17-7-9-18(10-8-17)26-13-11-23-20(27)16-26;/h2-10H,11-16H2,1H3,(H,23,27)(H2,22,24,25);1H. The Balaban J connectivity index is 0.00000300. The predicted molar refractivity (Wildman–Crippen MR) is 132 cm³/mol. The number of benzene rings is 2. The van der Waals surface area contributed by atoms with Crippen molar-refractivity contribution in [2.45, 2.75) is 11.4 Å². The van der Waals surface area contributed by atoms with Gasteiger partial charge in [0.2, 0.25) is 5.91 Å². The zero-order valence-corrected chi connectivity index (χ0v) is 19.7. The average Bonchev–Trinajstić information content (AvgIpc) is 2.74. The Labute approximate surface area is 194 Å². The second kappa shape index (κ2) is 12.6. The highest BCUT2D eigenvalue weighted by Crippen LogP contribution is 2.16. The van der Waals surface area contributed by atoms with Crippen LogP contribution in [0.2, 0.25) is 0 Å². The number of nitrogens with one attached hydrogen (secondary N) is 3. The van der Waals surface area contributed by atoms with Crippen LogP contribution in [0.25, 0.3) is 0 Å². The topological polar surface area (TPSA) is 68.8 Å². The summed E-state index contributed by atoms with van der Waals surface area (Å²) in [6.07, 6.45) is 0. The molecular formula is C21H28IN5OS. The fraction of sp³-hybridized carbons (Fsp3) is 0.333. The first-order chi connectivity index (χ1) is 13.7. The maximum atomic E-state index is 11.5. The van der Waals surface area contributed by atoms with E-state index in [0.717, 1.165) is 30.5 Å². The minimum Gasteiger partial charge on any atom is -0.360 e. The van der Waals surface area contributed by atoms with Crippen LogP contribution in [0.15, 0.2) is 64.5 Å². The minimum atomic E-state index is 0. The molecule has 0 aromatic heterocycles. The van der Waals surface area contributed by atoms with Gasteiger partial charge in [0.1, 0.15) is 0 Å². The van der Waals surface area contributed by atoms with Gasteiger partial charge >= 0.3 is 0 Å². The van der Waals surface area contributed by atoms with Crippen molar-refractivity contribution in [2.24, 2.45) is 4.99 Å². The summed E-state index contributed by atoms with van der Waals surface area (Å²) < 4.78 is 0. The maximum Gasteiger partial charge on any atom is 0.239 e. The lowest BCUT2D eigenvalue weighted by Crippen LogP contribution is -2.47. The van der Waals surface area contributed by atoms with Crippen molar-refractivity contribution in [3.8, 4) is 0 Å². The van der Waals surface area contributed by atoms with Crippen LogP contribution < -0.4 is 20.9 Å². The number of aliphatic imine (C=N–C) groups is 1. The summed E-state index contributed by atoms with van der Waals surface area (Å²) in [5, 5.41) is 9.54. The summed E-state index contributed by atoms with van der Waals surface area (Å²) in [6, 6.07) is 18.7. The van der Waals surface area contributed by atoms with E-state index in [1.807, 2.05) is 17.8 Å². The van der Waals surface area contributed by atoms with Crippen LogP contribution in [0.5, 0.6) is 0 Å². The van der Waals surface area contributed by atoms with E-state index >= 15 is 0 Å². The first-order valence-corrected chi connectivity index (χ1v) is 10.5. The molecule has 1 fully saturated rings. The number of hydrogen-bond donors (Lipinski definition) is 3. The molecule has 0 bridgehead atoms. The molecule has 0 atom stereocenters. The van der Waals surface area contributed by atoms with Crippen LogP contribution in [-0.4, -0.2) is 50.8 Å². The zero-order chi connectivity index (χ0) is 19.6. The lowest BCUT2D eigenvalue weighted by molar-refractivity contribution is -0.120.